The summed E-state index contributed by atoms with van der Waals surface area (Å²) < 4.78 is 45.8. The van der Waals surface area contributed by atoms with E-state index in [0.717, 1.165) is 115 Å². The normalized spacial score (nSPS) is 17.0. The first kappa shape index (κ1) is 111. The summed E-state index contributed by atoms with van der Waals surface area (Å²) in [5, 5.41) is 21.3. The van der Waals surface area contributed by atoms with Crippen LogP contribution in [0, 0.1) is 0 Å². The van der Waals surface area contributed by atoms with Gasteiger partial charge in [-0.2, -0.15) is 0 Å². The van der Waals surface area contributed by atoms with Gasteiger partial charge >= 0.3 is 6.09 Å². The minimum Gasteiger partial charge on any atom is -0.489 e. The Morgan fingerprint density at radius 3 is 1.02 bits per heavy atom. The van der Waals surface area contributed by atoms with Gasteiger partial charge in [0.1, 0.15) is 79.2 Å². The Hall–Kier alpha value is -14.8. The predicted molar refractivity (Wildman–Crippen MR) is 568 cm³/mol. The van der Waals surface area contributed by atoms with Crippen LogP contribution < -0.4 is 50.4 Å². The van der Waals surface area contributed by atoms with Crippen LogP contribution in [0.2, 0.25) is 0 Å². The highest BCUT2D eigenvalue weighted by Gasteiger charge is 2.45. The molecule has 9 amide bonds. The molecule has 8 aliphatic heterocycles. The fourth-order valence-corrected chi connectivity index (χ4v) is 18.9. The fourth-order valence-electron chi connectivity index (χ4n) is 18.9. The minimum absolute atomic E-state index is 0.120. The van der Waals surface area contributed by atoms with Gasteiger partial charge in [-0.15, -0.1) is 0 Å². The number of carboxylic acid groups (broad SMARTS) is 1. The van der Waals surface area contributed by atoms with Crippen molar-refractivity contribution >= 4 is 65.5 Å². The number of allylic oxidation sites excluding steroid dienone is 4. The first-order valence-electron chi connectivity index (χ1n) is 50.9. The van der Waals surface area contributed by atoms with Crippen LogP contribution in [0.25, 0.3) is 0 Å². The Balaban J connectivity index is 0.000000165. The second-order valence-corrected chi connectivity index (χ2v) is 38.9. The van der Waals surface area contributed by atoms with Crippen LogP contribution in [0.15, 0.2) is 249 Å². The average molecular weight is 2030 g/mol. The molecule has 0 aromatic heterocycles. The SMILES string of the molecule is C=C1CCC(N2Cc3c(OCc4ccc(CN(C)c5ccccc5)cc4)cccc3C2=O)C(=O)N1.C=C1CCC(N2Cc3c(OCc4ccc(CN(CCCN(CC)CC)C(=O)OC(C)(C)C)cc4)cccc3C2=O)C(=O)N1.C=C1CCC(N2Cc3c(OCc4ccc(CN(CCOC)CCOC)cc4)cccc3C2=O)C(=O)N1.C=C1CCC(N2Cc3c(OCc4ccc(CNCCOC)cc4)cccc3C2=O)C(=O)N1.O=CO. The van der Waals surface area contributed by atoms with Crippen molar-refractivity contribution in [2.45, 2.75) is 201 Å². The van der Waals surface area contributed by atoms with Crippen LogP contribution >= 0.6 is 0 Å². The molecule has 4 unspecified atom stereocenters. The maximum absolute atomic E-state index is 13.2. The quantitative estimate of drug-likeness (QED) is 0.0153. The Morgan fingerprint density at radius 1 is 0.403 bits per heavy atom. The fraction of sp³-hybridized carbons (Fsp3) is 0.385. The molecular weight excluding hydrogens is 1890 g/mol. The molecular formula is C117H141N13O19. The largest absolute Gasteiger partial charge is 0.489 e. The molecule has 149 heavy (non-hydrogen) atoms. The number of anilines is 1. The molecule has 0 saturated carbocycles. The Morgan fingerprint density at radius 2 is 0.711 bits per heavy atom. The van der Waals surface area contributed by atoms with E-state index in [1.54, 1.807) is 64.0 Å². The third-order valence-corrected chi connectivity index (χ3v) is 27.2. The van der Waals surface area contributed by atoms with Crippen molar-refractivity contribution < 1.29 is 90.9 Å². The van der Waals surface area contributed by atoms with Crippen LogP contribution in [-0.2, 0) is 122 Å². The molecule has 32 nitrogen and oxygen atoms in total. The zero-order valence-electron chi connectivity index (χ0n) is 87.1. The van der Waals surface area contributed by atoms with Gasteiger partial charge in [0.2, 0.25) is 23.6 Å². The van der Waals surface area contributed by atoms with Crippen molar-refractivity contribution in [3.63, 3.8) is 0 Å². The molecule has 9 aromatic carbocycles. The number of fused-ring (bicyclic) bond motifs is 4. The van der Waals surface area contributed by atoms with E-state index in [2.05, 4.69) is 161 Å². The van der Waals surface area contributed by atoms with Crippen molar-refractivity contribution in [2.75, 3.05) is 98.9 Å². The molecule has 32 heteroatoms. The summed E-state index contributed by atoms with van der Waals surface area (Å²) >= 11 is 0. The number of nitrogens with zero attached hydrogens (tertiary/aromatic N) is 8. The van der Waals surface area contributed by atoms with Gasteiger partial charge in [0.05, 0.1) is 46.0 Å². The summed E-state index contributed by atoms with van der Waals surface area (Å²) in [5.41, 5.74) is 17.9. The molecule has 0 radical (unpaired) electrons. The number of benzene rings is 9. The standard InChI is InChI=1S/C34H46N4O5.C29H29N3O3.C28H35N3O5.C25H29N3O4.CH2O2/c1-7-36(8-2)19-10-20-37(33(41)43-34(4,5)6)21-25-14-16-26(17-15-25)23-42-30-12-9-11-27-28(30)22-38(32(27)40)29-18-13-24(3)35-31(29)39;1-20-11-16-26(28(33)30-20)32-18-25-24(29(32)34)9-6-10-27(25)35-19-22-14-12-21(13-15-22)17-31(2)23-7-4-3-5-8-23;1-20-7-12-25(27(32)29-20)31-18-24-23(28(31)33)5-4-6-26(24)36-19-22-10-8-21(9-11-22)17-30(13-15-34-2)14-16-35-3;1-17-6-11-22(24(29)27-17)28-15-21-20(25(28)30)4-3-5-23(21)32-16-19-9-7-18(8-10-19)14-26-12-13-31-2;2-1-3/h9,11-12,14-17,29H,3,7-8,10,13,18-23H2,1-2,4-6H3,(H,35,39);3-10,12-15,26H,1,11,16-19H2,2H3,(H,30,33);4-6,8-11,25H,1,7,12-19H2,2-3H3,(H,29,32);3-5,7-10,22,26H,1,6,11-16H2,2H3,(H,27,29);1H,(H,2,3). The maximum atomic E-state index is 13.2. The predicted octanol–water partition coefficient (Wildman–Crippen LogP) is 15.7. The molecule has 8 heterocycles. The second-order valence-electron chi connectivity index (χ2n) is 38.9. The van der Waals surface area contributed by atoms with E-state index in [9.17, 15) is 43.2 Å². The number of hydrogen-bond acceptors (Lipinski definition) is 22. The Bertz CT molecular complexity index is 6180. The van der Waals surface area contributed by atoms with E-state index in [-0.39, 0.29) is 59.8 Å². The smallest absolute Gasteiger partial charge is 0.410 e. The molecule has 6 N–H and O–H groups in total. The summed E-state index contributed by atoms with van der Waals surface area (Å²) in [5.74, 6) is 1.49. The van der Waals surface area contributed by atoms with Crippen LogP contribution in [0.4, 0.5) is 10.5 Å². The monoisotopic (exact) mass is 2030 g/mol. The number of carbonyl (C=O) groups is 10. The first-order chi connectivity index (χ1) is 71.9. The molecule has 0 bridgehead atoms. The van der Waals surface area contributed by atoms with Gasteiger partial charge in [0, 0.05) is 154 Å². The maximum Gasteiger partial charge on any atom is 0.410 e. The minimum atomic E-state index is -0.563. The van der Waals surface area contributed by atoms with Crippen LogP contribution in [0.5, 0.6) is 23.0 Å². The molecule has 0 aliphatic carbocycles. The van der Waals surface area contributed by atoms with Gasteiger partial charge in [0.25, 0.3) is 30.1 Å². The molecule has 4 fully saturated rings. The summed E-state index contributed by atoms with van der Waals surface area (Å²) in [4.78, 5) is 139. The van der Waals surface area contributed by atoms with Crippen molar-refractivity contribution in [2.24, 2.45) is 0 Å². The zero-order chi connectivity index (χ0) is 106. The van der Waals surface area contributed by atoms with Gasteiger partial charge in [-0.1, -0.05) is 180 Å². The highest BCUT2D eigenvalue weighted by Crippen LogP contribution is 2.41. The van der Waals surface area contributed by atoms with E-state index in [1.165, 1.54) is 22.4 Å². The van der Waals surface area contributed by atoms with E-state index >= 15 is 0 Å². The summed E-state index contributed by atoms with van der Waals surface area (Å²) in [6.45, 7) is 38.9. The summed E-state index contributed by atoms with van der Waals surface area (Å²) in [6, 6.07) is 63.4. The molecule has 4 atom stereocenters. The highest BCUT2D eigenvalue weighted by molar-refractivity contribution is 6.05. The lowest BCUT2D eigenvalue weighted by Gasteiger charge is -2.31. The lowest BCUT2D eigenvalue weighted by Crippen LogP contribution is -2.49. The number of para-hydroxylation sites is 1. The van der Waals surface area contributed by atoms with Gasteiger partial charge in [-0.05, 0) is 203 Å². The molecule has 9 aromatic rings. The number of nitrogens with one attached hydrogen (secondary N) is 5. The summed E-state index contributed by atoms with van der Waals surface area (Å²) in [6.07, 6.45) is 5.57. The van der Waals surface area contributed by atoms with E-state index < -0.39 is 29.8 Å². The summed E-state index contributed by atoms with van der Waals surface area (Å²) in [7, 11) is 7.20. The third-order valence-electron chi connectivity index (χ3n) is 27.2. The topological polar surface area (TPSA) is 351 Å². The van der Waals surface area contributed by atoms with Crippen molar-refractivity contribution in [3.05, 3.63) is 338 Å². The molecule has 788 valence electrons. The molecule has 17 rings (SSSR count). The van der Waals surface area contributed by atoms with Gasteiger partial charge in [0.15, 0.2) is 0 Å². The van der Waals surface area contributed by atoms with Crippen molar-refractivity contribution in [1.82, 2.24) is 60.9 Å². The number of hydrogen-bond donors (Lipinski definition) is 6. The second kappa shape index (κ2) is 54.2. The van der Waals surface area contributed by atoms with E-state index in [1.807, 2.05) is 130 Å². The molecule has 8 aliphatic rings. The van der Waals surface area contributed by atoms with Crippen LogP contribution in [0.3, 0.4) is 0 Å². The van der Waals surface area contributed by atoms with Crippen molar-refractivity contribution in [1.29, 1.82) is 0 Å². The molecule has 4 saturated heterocycles. The van der Waals surface area contributed by atoms with Crippen molar-refractivity contribution in [3.8, 4) is 23.0 Å². The number of rotatable bonds is 40. The first-order valence-corrected chi connectivity index (χ1v) is 50.9. The van der Waals surface area contributed by atoms with Crippen LogP contribution in [0.1, 0.15) is 201 Å². The van der Waals surface area contributed by atoms with Gasteiger partial charge in [-0.3, -0.25) is 48.1 Å². The number of piperidine rings is 4. The van der Waals surface area contributed by atoms with Crippen LogP contribution in [-0.4, -0.2) is 223 Å². The van der Waals surface area contributed by atoms with Gasteiger partial charge in [-0.25, -0.2) is 4.79 Å². The number of methoxy groups -OCH3 is 3. The van der Waals surface area contributed by atoms with Gasteiger partial charge < -0.3 is 104 Å². The Kier molecular flexibility index (Phi) is 40.5. The molecule has 0 spiro atoms. The number of amides is 9. The average Bonchev–Trinajstić information content (AvgIpc) is 1.64. The lowest BCUT2D eigenvalue weighted by atomic mass is 10.0. The highest BCUT2D eigenvalue weighted by atomic mass is 16.6. The number of ether oxygens (including phenoxy) is 8. The third kappa shape index (κ3) is 30.5. The van der Waals surface area contributed by atoms with E-state index in [4.69, 9.17) is 47.8 Å². The zero-order valence-corrected chi connectivity index (χ0v) is 87.1. The lowest BCUT2D eigenvalue weighted by molar-refractivity contribution is -0.127. The Labute approximate surface area is 873 Å². The van der Waals surface area contributed by atoms with E-state index in [0.29, 0.717) is 205 Å². The number of carbonyl (C=O) groups excluding carboxylic acids is 9.